The zero-order chi connectivity index (χ0) is 14.1. The van der Waals surface area contributed by atoms with Crippen molar-refractivity contribution in [1.29, 1.82) is 0 Å². The fraction of sp³-hybridized carbons (Fsp3) is 0.700. The number of carbonyl (C=O) groups excluding carboxylic acids is 2. The van der Waals surface area contributed by atoms with Crippen molar-refractivity contribution in [2.75, 3.05) is 20.3 Å². The first kappa shape index (κ1) is 16.2. The Hall–Kier alpha value is -1.83. The molecule has 18 heavy (non-hydrogen) atoms. The molecule has 0 aromatic heterocycles. The van der Waals surface area contributed by atoms with Crippen molar-refractivity contribution >= 4 is 17.9 Å². The number of carbonyl (C=O) groups is 3. The van der Waals surface area contributed by atoms with Crippen molar-refractivity contribution in [2.45, 2.75) is 19.4 Å². The first-order chi connectivity index (χ1) is 8.36. The van der Waals surface area contributed by atoms with Crippen molar-refractivity contribution < 1.29 is 24.2 Å². The predicted molar refractivity (Wildman–Crippen MR) is 62.8 cm³/mol. The summed E-state index contributed by atoms with van der Waals surface area (Å²) in [4.78, 5) is 32.7. The van der Waals surface area contributed by atoms with Gasteiger partial charge in [-0.15, -0.1) is 0 Å². The van der Waals surface area contributed by atoms with E-state index in [0.717, 1.165) is 0 Å². The van der Waals surface area contributed by atoms with Gasteiger partial charge in [-0.25, -0.2) is 9.59 Å². The van der Waals surface area contributed by atoms with E-state index in [1.807, 2.05) is 6.92 Å². The van der Waals surface area contributed by atoms with E-state index in [2.05, 4.69) is 10.6 Å². The number of aliphatic carboxylic acids is 1. The Balaban J connectivity index is 4.10. The molecule has 104 valence electrons. The number of hydrogen-bond donors (Lipinski definition) is 4. The lowest BCUT2D eigenvalue weighted by Crippen LogP contribution is -2.48. The second-order valence-corrected chi connectivity index (χ2v) is 3.98. The van der Waals surface area contributed by atoms with Crippen molar-refractivity contribution in [2.24, 2.45) is 11.7 Å². The topological polar surface area (TPSA) is 131 Å². The van der Waals surface area contributed by atoms with Crippen LogP contribution in [0.3, 0.4) is 0 Å². The van der Waals surface area contributed by atoms with Gasteiger partial charge in [-0.3, -0.25) is 4.79 Å². The van der Waals surface area contributed by atoms with Crippen LogP contribution in [0.4, 0.5) is 4.79 Å². The zero-order valence-corrected chi connectivity index (χ0v) is 10.4. The highest BCUT2D eigenvalue weighted by Crippen LogP contribution is 1.94. The third-order valence-corrected chi connectivity index (χ3v) is 2.07. The number of nitrogens with one attached hydrogen (secondary N) is 2. The lowest BCUT2D eigenvalue weighted by molar-refractivity contribution is -0.140. The van der Waals surface area contributed by atoms with Gasteiger partial charge < -0.3 is 26.2 Å². The summed E-state index contributed by atoms with van der Waals surface area (Å²) in [7, 11) is 1.55. The molecule has 0 spiro atoms. The van der Waals surface area contributed by atoms with Crippen molar-refractivity contribution in [3.05, 3.63) is 0 Å². The Morgan fingerprint density at radius 3 is 2.44 bits per heavy atom. The Morgan fingerprint density at radius 1 is 1.39 bits per heavy atom. The largest absolute Gasteiger partial charge is 0.480 e. The van der Waals surface area contributed by atoms with E-state index < -0.39 is 30.4 Å². The summed E-state index contributed by atoms with van der Waals surface area (Å²) in [5, 5.41) is 13.4. The molecule has 0 aliphatic rings. The number of primary amides is 1. The lowest BCUT2D eigenvalue weighted by atomic mass is 10.2. The number of carboxylic acid groups (broad SMARTS) is 1. The molecule has 0 rings (SSSR count). The van der Waals surface area contributed by atoms with E-state index in [0.29, 0.717) is 13.2 Å². The number of methoxy groups -OCH3 is 1. The fourth-order valence-corrected chi connectivity index (χ4v) is 1.22. The Bertz CT molecular complexity index is 308. The molecule has 0 aromatic rings. The Kier molecular flexibility index (Phi) is 7.45. The van der Waals surface area contributed by atoms with Crippen LogP contribution >= 0.6 is 0 Å². The molecule has 8 nitrogen and oxygen atoms in total. The summed E-state index contributed by atoms with van der Waals surface area (Å²) >= 11 is 0. The minimum absolute atomic E-state index is 0.0974. The summed E-state index contributed by atoms with van der Waals surface area (Å²) in [6.07, 6.45) is -0.448. The normalized spacial score (nSPS) is 13.4. The SMILES string of the molecule is COCC(C)CNC(=O)N[C@@H](CC(N)=O)C(=O)O. The number of ether oxygens (including phenoxy) is 1. The molecule has 0 aromatic carbocycles. The molecule has 8 heteroatoms. The molecule has 3 amide bonds. The average Bonchev–Trinajstić information content (AvgIpc) is 2.25. The second-order valence-electron chi connectivity index (χ2n) is 3.98. The molecule has 5 N–H and O–H groups in total. The molecule has 0 saturated carbocycles. The maximum absolute atomic E-state index is 11.4. The van der Waals surface area contributed by atoms with Crippen LogP contribution < -0.4 is 16.4 Å². The van der Waals surface area contributed by atoms with Crippen molar-refractivity contribution in [3.63, 3.8) is 0 Å². The first-order valence-electron chi connectivity index (χ1n) is 5.41. The second kappa shape index (κ2) is 8.29. The highest BCUT2D eigenvalue weighted by Gasteiger charge is 2.22. The quantitative estimate of drug-likeness (QED) is 0.440. The lowest BCUT2D eigenvalue weighted by Gasteiger charge is -2.15. The van der Waals surface area contributed by atoms with E-state index in [1.54, 1.807) is 7.11 Å². The molecule has 0 saturated heterocycles. The van der Waals surface area contributed by atoms with Gasteiger partial charge >= 0.3 is 12.0 Å². The number of nitrogens with two attached hydrogens (primary N) is 1. The van der Waals surface area contributed by atoms with E-state index in [9.17, 15) is 14.4 Å². The van der Waals surface area contributed by atoms with Crippen LogP contribution in [0.5, 0.6) is 0 Å². The molecule has 2 atom stereocenters. The van der Waals surface area contributed by atoms with Crippen LogP contribution in [0.25, 0.3) is 0 Å². The Morgan fingerprint density at radius 2 is 2.00 bits per heavy atom. The fourth-order valence-electron chi connectivity index (χ4n) is 1.22. The number of carboxylic acids is 1. The van der Waals surface area contributed by atoms with Gasteiger partial charge in [-0.1, -0.05) is 6.92 Å². The van der Waals surface area contributed by atoms with Crippen LogP contribution in [-0.4, -0.2) is 49.3 Å². The van der Waals surface area contributed by atoms with Gasteiger partial charge in [-0.05, 0) is 5.92 Å². The molecule has 0 heterocycles. The van der Waals surface area contributed by atoms with Gasteiger partial charge in [0.15, 0.2) is 0 Å². The van der Waals surface area contributed by atoms with Gasteiger partial charge in [0.1, 0.15) is 6.04 Å². The van der Waals surface area contributed by atoms with Crippen LogP contribution in [-0.2, 0) is 14.3 Å². The van der Waals surface area contributed by atoms with E-state index >= 15 is 0 Å². The molecule has 1 unspecified atom stereocenters. The zero-order valence-electron chi connectivity index (χ0n) is 10.4. The molecule has 0 aliphatic heterocycles. The van der Waals surface area contributed by atoms with Crippen LogP contribution in [0, 0.1) is 5.92 Å². The van der Waals surface area contributed by atoms with E-state index in [-0.39, 0.29) is 5.92 Å². The standard InChI is InChI=1S/C10H19N3O5/c1-6(5-18-2)4-12-10(17)13-7(9(15)16)3-8(11)14/h6-7H,3-5H2,1-2H3,(H2,11,14)(H,15,16)(H2,12,13,17)/t6?,7-/m0/s1. The molecule has 0 fully saturated rings. The molecular formula is C10H19N3O5. The van der Waals surface area contributed by atoms with Crippen LogP contribution in [0.1, 0.15) is 13.3 Å². The molecule has 0 radical (unpaired) electrons. The van der Waals surface area contributed by atoms with Gasteiger partial charge in [0.05, 0.1) is 13.0 Å². The van der Waals surface area contributed by atoms with E-state index in [1.165, 1.54) is 0 Å². The third-order valence-electron chi connectivity index (χ3n) is 2.07. The number of amides is 3. The summed E-state index contributed by atoms with van der Waals surface area (Å²) in [5.74, 6) is -2.01. The minimum Gasteiger partial charge on any atom is -0.480 e. The van der Waals surface area contributed by atoms with Crippen LogP contribution in [0.2, 0.25) is 0 Å². The summed E-state index contributed by atoms with van der Waals surface area (Å²) in [6, 6.07) is -1.98. The average molecular weight is 261 g/mol. The maximum atomic E-state index is 11.4. The number of hydrogen-bond acceptors (Lipinski definition) is 4. The van der Waals surface area contributed by atoms with E-state index in [4.69, 9.17) is 15.6 Å². The molecule has 0 aliphatic carbocycles. The van der Waals surface area contributed by atoms with Crippen molar-refractivity contribution in [3.8, 4) is 0 Å². The smallest absolute Gasteiger partial charge is 0.326 e. The minimum atomic E-state index is -1.32. The summed E-state index contributed by atoms with van der Waals surface area (Å²) < 4.78 is 4.88. The number of urea groups is 1. The molecule has 0 bridgehead atoms. The van der Waals surface area contributed by atoms with Gasteiger partial charge in [-0.2, -0.15) is 0 Å². The van der Waals surface area contributed by atoms with Gasteiger partial charge in [0, 0.05) is 13.7 Å². The first-order valence-corrected chi connectivity index (χ1v) is 5.41. The third kappa shape index (κ3) is 7.44. The van der Waals surface area contributed by atoms with Crippen LogP contribution in [0.15, 0.2) is 0 Å². The monoisotopic (exact) mass is 261 g/mol. The number of rotatable bonds is 8. The highest BCUT2D eigenvalue weighted by atomic mass is 16.5. The van der Waals surface area contributed by atoms with Crippen molar-refractivity contribution in [1.82, 2.24) is 10.6 Å². The summed E-state index contributed by atoms with van der Waals surface area (Å²) in [6.45, 7) is 2.67. The highest BCUT2D eigenvalue weighted by molar-refractivity contribution is 5.87. The van der Waals surface area contributed by atoms with Gasteiger partial charge in [0.25, 0.3) is 0 Å². The Labute approximate surface area is 105 Å². The molecular weight excluding hydrogens is 242 g/mol. The predicted octanol–water partition coefficient (Wildman–Crippen LogP) is -1.10. The summed E-state index contributed by atoms with van der Waals surface area (Å²) in [5.41, 5.74) is 4.88. The maximum Gasteiger partial charge on any atom is 0.326 e. The van der Waals surface area contributed by atoms with Gasteiger partial charge in [0.2, 0.25) is 5.91 Å².